The summed E-state index contributed by atoms with van der Waals surface area (Å²) in [6.45, 7) is 6.24. The first-order valence-electron chi connectivity index (χ1n) is 9.84. The van der Waals surface area contributed by atoms with Crippen LogP contribution in [-0.2, 0) is 4.79 Å². The number of pyridine rings is 1. The first-order chi connectivity index (χ1) is 13.7. The van der Waals surface area contributed by atoms with Crippen molar-refractivity contribution < 1.29 is 4.79 Å². The average Bonchev–Trinajstić information content (AvgIpc) is 2.75. The van der Waals surface area contributed by atoms with Crippen LogP contribution in [0.3, 0.4) is 0 Å². The number of nitrogens with one attached hydrogen (secondary N) is 1. The molecule has 1 amide bonds. The van der Waals surface area contributed by atoms with E-state index in [1.54, 1.807) is 6.20 Å². The van der Waals surface area contributed by atoms with E-state index in [9.17, 15) is 4.79 Å². The number of hydrogen-bond acceptors (Lipinski definition) is 5. The molecule has 4 rings (SSSR count). The van der Waals surface area contributed by atoms with Gasteiger partial charge in [-0.2, -0.15) is 0 Å². The lowest BCUT2D eigenvalue weighted by molar-refractivity contribution is -0.133. The van der Waals surface area contributed by atoms with Crippen molar-refractivity contribution in [2.24, 2.45) is 0 Å². The second-order valence-electron chi connectivity index (χ2n) is 7.32. The van der Waals surface area contributed by atoms with Gasteiger partial charge in [0.2, 0.25) is 5.91 Å². The van der Waals surface area contributed by atoms with Crippen LogP contribution in [0.2, 0.25) is 5.02 Å². The SMILES string of the molecule is Cl.Cl.O=C(CN1CCNCC1c1cccnc1)N1CCN(c2cccc(Cl)c2)CC1. The third-order valence-electron chi connectivity index (χ3n) is 5.57. The van der Waals surface area contributed by atoms with E-state index in [2.05, 4.69) is 32.2 Å². The lowest BCUT2D eigenvalue weighted by Gasteiger charge is -2.39. The zero-order chi connectivity index (χ0) is 19.3. The molecule has 6 nitrogen and oxygen atoms in total. The fourth-order valence-corrected chi connectivity index (χ4v) is 4.18. The van der Waals surface area contributed by atoms with E-state index in [1.165, 1.54) is 0 Å². The predicted octanol–water partition coefficient (Wildman–Crippen LogP) is 2.87. The Labute approximate surface area is 195 Å². The van der Waals surface area contributed by atoms with Gasteiger partial charge in [0.05, 0.1) is 6.54 Å². The molecule has 1 aromatic heterocycles. The Morgan fingerprint density at radius 3 is 2.60 bits per heavy atom. The van der Waals surface area contributed by atoms with E-state index in [0.717, 1.165) is 62.1 Å². The maximum absolute atomic E-state index is 12.9. The molecule has 2 fully saturated rings. The van der Waals surface area contributed by atoms with Gasteiger partial charge in [-0.3, -0.25) is 14.7 Å². The number of nitrogens with zero attached hydrogens (tertiary/aromatic N) is 4. The second kappa shape index (κ2) is 11.7. The highest BCUT2D eigenvalue weighted by Crippen LogP contribution is 2.23. The van der Waals surface area contributed by atoms with Crippen molar-refractivity contribution in [2.75, 3.05) is 57.3 Å². The van der Waals surface area contributed by atoms with Gasteiger partial charge in [0.25, 0.3) is 0 Å². The van der Waals surface area contributed by atoms with Crippen LogP contribution >= 0.6 is 36.4 Å². The summed E-state index contributed by atoms with van der Waals surface area (Å²) in [6.07, 6.45) is 3.69. The number of hydrogen-bond donors (Lipinski definition) is 1. The summed E-state index contributed by atoms with van der Waals surface area (Å²) < 4.78 is 0. The number of aromatic nitrogens is 1. The van der Waals surface area contributed by atoms with Crippen LogP contribution in [0, 0.1) is 0 Å². The molecule has 0 spiro atoms. The standard InChI is InChI=1S/C21H26ClN5O.2ClH/c22-18-4-1-5-19(13-18)25-9-11-26(12-10-25)21(28)16-27-8-7-24-15-20(27)17-3-2-6-23-14-17;;/h1-6,13-14,20,24H,7-12,15-16H2;2*1H. The minimum atomic E-state index is 0. The number of carbonyl (C=O) groups is 1. The van der Waals surface area contributed by atoms with Gasteiger partial charge < -0.3 is 15.1 Å². The third-order valence-corrected chi connectivity index (χ3v) is 5.80. The van der Waals surface area contributed by atoms with Crippen molar-refractivity contribution in [3.05, 3.63) is 59.4 Å². The molecule has 164 valence electrons. The smallest absolute Gasteiger partial charge is 0.236 e. The van der Waals surface area contributed by atoms with Gasteiger partial charge in [-0.1, -0.05) is 23.7 Å². The Bertz CT molecular complexity index is 802. The molecule has 2 aromatic rings. The normalized spacial score (nSPS) is 19.6. The van der Waals surface area contributed by atoms with Gasteiger partial charge in [0.1, 0.15) is 0 Å². The minimum Gasteiger partial charge on any atom is -0.368 e. The fraction of sp³-hybridized carbons (Fsp3) is 0.429. The molecule has 30 heavy (non-hydrogen) atoms. The molecule has 1 atom stereocenters. The van der Waals surface area contributed by atoms with Crippen molar-refractivity contribution in [3.63, 3.8) is 0 Å². The zero-order valence-electron chi connectivity index (χ0n) is 16.7. The fourth-order valence-electron chi connectivity index (χ4n) is 4.00. The lowest BCUT2D eigenvalue weighted by atomic mass is 10.1. The molecular weight excluding hydrogens is 445 g/mol. The number of halogens is 3. The van der Waals surface area contributed by atoms with Gasteiger partial charge in [-0.15, -0.1) is 24.8 Å². The summed E-state index contributed by atoms with van der Waals surface area (Å²) in [6, 6.07) is 12.2. The van der Waals surface area contributed by atoms with Crippen LogP contribution < -0.4 is 10.2 Å². The number of carbonyl (C=O) groups excluding carboxylic acids is 1. The molecule has 2 aliphatic heterocycles. The Morgan fingerprint density at radius 2 is 1.90 bits per heavy atom. The minimum absolute atomic E-state index is 0. The summed E-state index contributed by atoms with van der Waals surface area (Å²) in [7, 11) is 0. The molecule has 1 aromatic carbocycles. The highest BCUT2D eigenvalue weighted by Gasteiger charge is 2.28. The summed E-state index contributed by atoms with van der Waals surface area (Å²) in [5, 5.41) is 4.18. The van der Waals surface area contributed by atoms with E-state index in [4.69, 9.17) is 11.6 Å². The number of benzene rings is 1. The number of piperazine rings is 2. The van der Waals surface area contributed by atoms with Gasteiger partial charge >= 0.3 is 0 Å². The predicted molar refractivity (Wildman–Crippen MR) is 126 cm³/mol. The van der Waals surface area contributed by atoms with Crippen molar-refractivity contribution in [3.8, 4) is 0 Å². The first-order valence-corrected chi connectivity index (χ1v) is 10.2. The van der Waals surface area contributed by atoms with E-state index < -0.39 is 0 Å². The summed E-state index contributed by atoms with van der Waals surface area (Å²) in [5.74, 6) is 0.210. The first kappa shape index (κ1) is 24.7. The van der Waals surface area contributed by atoms with Gasteiger partial charge in [0, 0.05) is 75.0 Å². The van der Waals surface area contributed by atoms with Crippen LogP contribution in [0.5, 0.6) is 0 Å². The van der Waals surface area contributed by atoms with E-state index >= 15 is 0 Å². The van der Waals surface area contributed by atoms with Crippen LogP contribution in [0.25, 0.3) is 0 Å². The summed E-state index contributed by atoms with van der Waals surface area (Å²) >= 11 is 6.11. The van der Waals surface area contributed by atoms with Crippen molar-refractivity contribution in [1.82, 2.24) is 20.1 Å². The Balaban J connectivity index is 0.00000160. The number of amides is 1. The Morgan fingerprint density at radius 1 is 1.10 bits per heavy atom. The topological polar surface area (TPSA) is 51.7 Å². The second-order valence-corrected chi connectivity index (χ2v) is 7.76. The van der Waals surface area contributed by atoms with Crippen LogP contribution in [0.4, 0.5) is 5.69 Å². The largest absolute Gasteiger partial charge is 0.368 e. The van der Waals surface area contributed by atoms with Crippen LogP contribution in [0.1, 0.15) is 11.6 Å². The third kappa shape index (κ3) is 5.99. The molecule has 1 unspecified atom stereocenters. The molecule has 0 saturated carbocycles. The molecular formula is C21H28Cl3N5O. The van der Waals surface area contributed by atoms with Gasteiger partial charge in [0.15, 0.2) is 0 Å². The number of rotatable bonds is 4. The van der Waals surface area contributed by atoms with E-state index in [-0.39, 0.29) is 36.8 Å². The van der Waals surface area contributed by atoms with Gasteiger partial charge in [-0.05, 0) is 29.8 Å². The maximum Gasteiger partial charge on any atom is 0.236 e. The Hall–Kier alpha value is -1.57. The quantitative estimate of drug-likeness (QED) is 0.741. The molecule has 3 heterocycles. The Kier molecular flexibility index (Phi) is 9.65. The zero-order valence-corrected chi connectivity index (χ0v) is 19.1. The molecule has 2 aliphatic rings. The highest BCUT2D eigenvalue weighted by molar-refractivity contribution is 6.30. The van der Waals surface area contributed by atoms with Crippen molar-refractivity contribution >= 4 is 48.0 Å². The lowest BCUT2D eigenvalue weighted by Crippen LogP contribution is -2.54. The van der Waals surface area contributed by atoms with Gasteiger partial charge in [-0.25, -0.2) is 0 Å². The molecule has 9 heteroatoms. The molecule has 2 saturated heterocycles. The average molecular weight is 473 g/mol. The van der Waals surface area contributed by atoms with E-state index in [1.807, 2.05) is 35.4 Å². The van der Waals surface area contributed by atoms with Crippen molar-refractivity contribution in [2.45, 2.75) is 6.04 Å². The maximum atomic E-state index is 12.9. The highest BCUT2D eigenvalue weighted by atomic mass is 35.5. The summed E-state index contributed by atoms with van der Waals surface area (Å²) in [4.78, 5) is 23.7. The summed E-state index contributed by atoms with van der Waals surface area (Å²) in [5.41, 5.74) is 2.28. The van der Waals surface area contributed by atoms with Crippen molar-refractivity contribution in [1.29, 1.82) is 0 Å². The molecule has 0 bridgehead atoms. The molecule has 0 radical (unpaired) electrons. The van der Waals surface area contributed by atoms with Crippen LogP contribution in [-0.4, -0.2) is 73.0 Å². The molecule has 1 N–H and O–H groups in total. The van der Waals surface area contributed by atoms with Crippen LogP contribution in [0.15, 0.2) is 48.8 Å². The van der Waals surface area contributed by atoms with E-state index in [0.29, 0.717) is 6.54 Å². The molecule has 0 aliphatic carbocycles. The number of anilines is 1. The monoisotopic (exact) mass is 471 g/mol.